The number of halogens is 1. The van der Waals surface area contributed by atoms with E-state index in [1.165, 1.54) is 11.8 Å². The number of rotatable bonds is 3. The Morgan fingerprint density at radius 2 is 2.12 bits per heavy atom. The normalized spacial score (nSPS) is 16.2. The van der Waals surface area contributed by atoms with E-state index in [1.807, 2.05) is 0 Å². The molecule has 0 spiro atoms. The molecule has 0 saturated heterocycles. The largest absolute Gasteiger partial charge is 0.324 e. The van der Waals surface area contributed by atoms with Crippen molar-refractivity contribution in [3.63, 3.8) is 0 Å². The molecule has 1 aliphatic heterocycles. The number of nitrogens with zero attached hydrogens (tertiary/aromatic N) is 1. The molecule has 0 bridgehead atoms. The Kier molecular flexibility index (Phi) is 4.59. The molecule has 1 aromatic carbocycles. The number of fused-ring (bicyclic) bond motifs is 1. The predicted octanol–water partition coefficient (Wildman–Crippen LogP) is 2.21. The lowest BCUT2D eigenvalue weighted by Gasteiger charge is -2.23. The van der Waals surface area contributed by atoms with Crippen LogP contribution in [0.4, 0.5) is 11.5 Å². The zero-order valence-corrected chi connectivity index (χ0v) is 14.1. The van der Waals surface area contributed by atoms with Crippen LogP contribution in [0.25, 0.3) is 0 Å². The van der Waals surface area contributed by atoms with Crippen molar-refractivity contribution in [2.24, 2.45) is 0 Å². The van der Waals surface area contributed by atoms with Crippen molar-refractivity contribution < 1.29 is 9.59 Å². The van der Waals surface area contributed by atoms with Gasteiger partial charge in [-0.2, -0.15) is 0 Å². The van der Waals surface area contributed by atoms with E-state index < -0.39 is 17.4 Å². The SMILES string of the molecule is CSc1nc2c(c(=O)[nH]1)C(C(=O)Nc1ccccc1Cl)CC(=O)N2. The Hall–Kier alpha value is -2.32. The van der Waals surface area contributed by atoms with E-state index in [0.717, 1.165) is 0 Å². The van der Waals surface area contributed by atoms with Crippen molar-refractivity contribution in [1.29, 1.82) is 0 Å². The minimum atomic E-state index is -0.933. The molecular weight excluding hydrogens is 352 g/mol. The van der Waals surface area contributed by atoms with E-state index in [9.17, 15) is 14.4 Å². The standard InChI is InChI=1S/C15H13ClN4O3S/c1-24-15-19-12-11(14(23)20-15)7(6-10(21)18-12)13(22)17-9-5-3-2-4-8(9)16/h2-5,7H,6H2,1H3,(H,17,22)(H2,18,19,20,21,23). The number of H-pyrrole nitrogens is 1. The zero-order valence-electron chi connectivity index (χ0n) is 12.6. The van der Waals surface area contributed by atoms with Gasteiger partial charge in [-0.1, -0.05) is 35.5 Å². The summed E-state index contributed by atoms with van der Waals surface area (Å²) in [4.78, 5) is 43.6. The molecule has 2 aromatic rings. The maximum Gasteiger partial charge on any atom is 0.257 e. The highest BCUT2D eigenvalue weighted by Crippen LogP contribution is 2.31. The summed E-state index contributed by atoms with van der Waals surface area (Å²) in [5.41, 5.74) is 0.127. The van der Waals surface area contributed by atoms with E-state index in [0.29, 0.717) is 15.9 Å². The molecule has 2 heterocycles. The van der Waals surface area contributed by atoms with Crippen LogP contribution in [0, 0.1) is 0 Å². The molecule has 1 aliphatic rings. The molecule has 3 rings (SSSR count). The first kappa shape index (κ1) is 16.5. The number of aromatic amines is 1. The lowest BCUT2D eigenvalue weighted by Crippen LogP contribution is -2.36. The Balaban J connectivity index is 1.98. The Bertz CT molecular complexity index is 883. The fraction of sp³-hybridized carbons (Fsp3) is 0.200. The van der Waals surface area contributed by atoms with Gasteiger partial charge >= 0.3 is 0 Å². The van der Waals surface area contributed by atoms with Crippen molar-refractivity contribution in [2.45, 2.75) is 17.5 Å². The number of carbonyl (C=O) groups is 2. The second kappa shape index (κ2) is 6.66. The quantitative estimate of drug-likeness (QED) is 0.572. The van der Waals surface area contributed by atoms with Crippen LogP contribution in [0.5, 0.6) is 0 Å². The van der Waals surface area contributed by atoms with Gasteiger partial charge in [-0.05, 0) is 18.4 Å². The van der Waals surface area contributed by atoms with Crippen LogP contribution in [0.3, 0.4) is 0 Å². The Morgan fingerprint density at radius 1 is 1.38 bits per heavy atom. The first-order valence-electron chi connectivity index (χ1n) is 7.03. The molecule has 124 valence electrons. The van der Waals surface area contributed by atoms with E-state index in [2.05, 4.69) is 20.6 Å². The molecule has 1 unspecified atom stereocenters. The molecule has 7 nitrogen and oxygen atoms in total. The summed E-state index contributed by atoms with van der Waals surface area (Å²) >= 11 is 7.27. The maximum absolute atomic E-state index is 12.6. The van der Waals surface area contributed by atoms with Gasteiger partial charge in [-0.3, -0.25) is 14.4 Å². The van der Waals surface area contributed by atoms with Crippen molar-refractivity contribution in [2.75, 3.05) is 16.9 Å². The van der Waals surface area contributed by atoms with Crippen molar-refractivity contribution in [3.05, 3.63) is 45.2 Å². The third-order valence-electron chi connectivity index (χ3n) is 3.57. The van der Waals surface area contributed by atoms with Gasteiger partial charge in [0.25, 0.3) is 5.56 Å². The van der Waals surface area contributed by atoms with E-state index in [4.69, 9.17) is 11.6 Å². The molecule has 0 radical (unpaired) electrons. The number of hydrogen-bond donors (Lipinski definition) is 3. The minimum Gasteiger partial charge on any atom is -0.324 e. The molecular formula is C15H13ClN4O3S. The highest BCUT2D eigenvalue weighted by atomic mass is 35.5. The summed E-state index contributed by atoms with van der Waals surface area (Å²) in [6.07, 6.45) is 1.61. The number of aromatic nitrogens is 2. The average Bonchev–Trinajstić information content (AvgIpc) is 2.55. The lowest BCUT2D eigenvalue weighted by molar-refractivity contribution is -0.123. The van der Waals surface area contributed by atoms with Gasteiger partial charge < -0.3 is 15.6 Å². The summed E-state index contributed by atoms with van der Waals surface area (Å²) in [6.45, 7) is 0. The number of anilines is 2. The average molecular weight is 365 g/mol. The van der Waals surface area contributed by atoms with Crippen LogP contribution in [-0.2, 0) is 9.59 Å². The first-order valence-corrected chi connectivity index (χ1v) is 8.63. The van der Waals surface area contributed by atoms with Crippen LogP contribution >= 0.6 is 23.4 Å². The molecule has 0 aliphatic carbocycles. The molecule has 1 aromatic heterocycles. The van der Waals surface area contributed by atoms with Gasteiger partial charge in [0.2, 0.25) is 11.8 Å². The topological polar surface area (TPSA) is 104 Å². The van der Waals surface area contributed by atoms with Gasteiger partial charge in [0.05, 0.1) is 22.2 Å². The Morgan fingerprint density at radius 3 is 2.83 bits per heavy atom. The van der Waals surface area contributed by atoms with Crippen LogP contribution in [0.1, 0.15) is 17.9 Å². The van der Waals surface area contributed by atoms with Crippen LogP contribution in [-0.4, -0.2) is 28.0 Å². The highest BCUT2D eigenvalue weighted by molar-refractivity contribution is 7.98. The summed E-state index contributed by atoms with van der Waals surface area (Å²) in [5, 5.41) is 5.94. The summed E-state index contributed by atoms with van der Waals surface area (Å²) in [6, 6.07) is 6.74. The Labute approximate surface area is 146 Å². The van der Waals surface area contributed by atoms with Crippen LogP contribution < -0.4 is 16.2 Å². The number of amides is 2. The number of benzene rings is 1. The van der Waals surface area contributed by atoms with Gasteiger partial charge in [-0.25, -0.2) is 4.98 Å². The molecule has 24 heavy (non-hydrogen) atoms. The van der Waals surface area contributed by atoms with Gasteiger partial charge in [-0.15, -0.1) is 0 Å². The smallest absolute Gasteiger partial charge is 0.257 e. The van der Waals surface area contributed by atoms with Crippen molar-refractivity contribution in [1.82, 2.24) is 9.97 Å². The second-order valence-electron chi connectivity index (χ2n) is 5.11. The van der Waals surface area contributed by atoms with Gasteiger partial charge in [0, 0.05) is 6.42 Å². The van der Waals surface area contributed by atoms with E-state index >= 15 is 0 Å². The lowest BCUT2D eigenvalue weighted by atomic mass is 9.92. The van der Waals surface area contributed by atoms with Crippen molar-refractivity contribution >= 4 is 46.7 Å². The maximum atomic E-state index is 12.6. The summed E-state index contributed by atoms with van der Waals surface area (Å²) in [5.74, 6) is -1.66. The molecule has 0 fully saturated rings. The van der Waals surface area contributed by atoms with E-state index in [-0.39, 0.29) is 23.7 Å². The van der Waals surface area contributed by atoms with Crippen LogP contribution in [0.15, 0.2) is 34.2 Å². The molecule has 0 saturated carbocycles. The molecule has 9 heteroatoms. The third kappa shape index (κ3) is 3.15. The predicted molar refractivity (Wildman–Crippen MR) is 92.7 cm³/mol. The number of hydrogen-bond acceptors (Lipinski definition) is 5. The number of thioether (sulfide) groups is 1. The van der Waals surface area contributed by atoms with Gasteiger partial charge in [0.15, 0.2) is 5.16 Å². The monoisotopic (exact) mass is 364 g/mol. The minimum absolute atomic E-state index is 0.124. The van der Waals surface area contributed by atoms with Crippen molar-refractivity contribution in [3.8, 4) is 0 Å². The fourth-order valence-electron chi connectivity index (χ4n) is 2.45. The molecule has 2 amide bonds. The number of para-hydroxylation sites is 1. The molecule has 1 atom stereocenters. The summed E-state index contributed by atoms with van der Waals surface area (Å²) in [7, 11) is 0. The number of nitrogens with one attached hydrogen (secondary N) is 3. The zero-order chi connectivity index (χ0) is 17.3. The second-order valence-corrected chi connectivity index (χ2v) is 6.31. The van der Waals surface area contributed by atoms with Crippen LogP contribution in [0.2, 0.25) is 5.02 Å². The van der Waals surface area contributed by atoms with Gasteiger partial charge in [0.1, 0.15) is 5.82 Å². The summed E-state index contributed by atoms with van der Waals surface area (Å²) < 4.78 is 0. The first-order chi connectivity index (χ1) is 11.5. The molecule has 3 N–H and O–H groups in total. The third-order valence-corrected chi connectivity index (χ3v) is 4.48. The fourth-order valence-corrected chi connectivity index (χ4v) is 3.01. The van der Waals surface area contributed by atoms with E-state index in [1.54, 1.807) is 30.5 Å². The number of carbonyl (C=O) groups excluding carboxylic acids is 2. The highest BCUT2D eigenvalue weighted by Gasteiger charge is 2.34.